The van der Waals surface area contributed by atoms with Crippen LogP contribution in [0.15, 0.2) is 53.1 Å². The molecule has 5 nitrogen and oxygen atoms in total. The first kappa shape index (κ1) is 17.5. The SMILES string of the molecule is Cc1ccc(C=C2C=NN(c3cc(C(=O)NC4CC4)ccc3C)C2N)cc1. The number of hydrogen-bond donors (Lipinski definition) is 2. The van der Waals surface area contributed by atoms with Crippen LogP contribution in [0.25, 0.3) is 6.08 Å². The van der Waals surface area contributed by atoms with Gasteiger partial charge in [0.15, 0.2) is 0 Å². The number of nitrogens with zero attached hydrogens (tertiary/aromatic N) is 2. The van der Waals surface area contributed by atoms with Crippen molar-refractivity contribution in [2.45, 2.75) is 38.9 Å². The highest BCUT2D eigenvalue weighted by Crippen LogP contribution is 2.29. The van der Waals surface area contributed by atoms with Crippen molar-refractivity contribution >= 4 is 23.9 Å². The second-order valence-electron chi connectivity index (χ2n) is 7.34. The summed E-state index contributed by atoms with van der Waals surface area (Å²) in [5.74, 6) is -0.0362. The lowest BCUT2D eigenvalue weighted by Gasteiger charge is -2.23. The Hall–Kier alpha value is -2.92. The van der Waals surface area contributed by atoms with Gasteiger partial charge in [-0.1, -0.05) is 35.9 Å². The molecule has 1 aliphatic heterocycles. The zero-order valence-electron chi connectivity index (χ0n) is 15.6. The number of carbonyl (C=O) groups is 1. The van der Waals surface area contributed by atoms with Crippen molar-refractivity contribution in [1.29, 1.82) is 0 Å². The fourth-order valence-electron chi connectivity index (χ4n) is 3.10. The summed E-state index contributed by atoms with van der Waals surface area (Å²) in [6.07, 6.45) is 5.59. The molecule has 2 aliphatic rings. The van der Waals surface area contributed by atoms with Gasteiger partial charge in [-0.25, -0.2) is 5.01 Å². The van der Waals surface area contributed by atoms with Gasteiger partial charge in [0.1, 0.15) is 6.17 Å². The Bertz CT molecular complexity index is 926. The molecule has 1 atom stereocenters. The van der Waals surface area contributed by atoms with E-state index in [0.29, 0.717) is 11.6 Å². The summed E-state index contributed by atoms with van der Waals surface area (Å²) >= 11 is 0. The lowest BCUT2D eigenvalue weighted by Crippen LogP contribution is -2.36. The van der Waals surface area contributed by atoms with E-state index < -0.39 is 0 Å². The maximum absolute atomic E-state index is 12.4. The minimum Gasteiger partial charge on any atom is -0.349 e. The Labute approximate surface area is 159 Å². The smallest absolute Gasteiger partial charge is 0.251 e. The molecule has 0 aromatic heterocycles. The molecule has 1 saturated carbocycles. The first-order chi connectivity index (χ1) is 13.0. The van der Waals surface area contributed by atoms with Gasteiger partial charge in [0.25, 0.3) is 5.91 Å². The Morgan fingerprint density at radius 1 is 1.19 bits per heavy atom. The van der Waals surface area contributed by atoms with Gasteiger partial charge >= 0.3 is 0 Å². The van der Waals surface area contributed by atoms with E-state index in [1.165, 1.54) is 5.56 Å². The third-order valence-corrected chi connectivity index (χ3v) is 4.98. The van der Waals surface area contributed by atoms with Gasteiger partial charge in [0.05, 0.1) is 11.9 Å². The van der Waals surface area contributed by atoms with E-state index in [9.17, 15) is 4.79 Å². The summed E-state index contributed by atoms with van der Waals surface area (Å²) in [6.45, 7) is 4.07. The van der Waals surface area contributed by atoms with Crippen molar-refractivity contribution < 1.29 is 4.79 Å². The van der Waals surface area contributed by atoms with Crippen LogP contribution in [-0.2, 0) is 0 Å². The molecule has 0 radical (unpaired) electrons. The summed E-state index contributed by atoms with van der Waals surface area (Å²) < 4.78 is 0. The Kier molecular flexibility index (Phi) is 4.54. The summed E-state index contributed by atoms with van der Waals surface area (Å²) in [4.78, 5) is 12.4. The summed E-state index contributed by atoms with van der Waals surface area (Å²) in [5.41, 5.74) is 12.2. The molecule has 2 aromatic carbocycles. The van der Waals surface area contributed by atoms with Crippen molar-refractivity contribution in [3.63, 3.8) is 0 Å². The molecular weight excluding hydrogens is 336 g/mol. The minimum atomic E-state index is -0.383. The minimum absolute atomic E-state index is 0.0362. The van der Waals surface area contributed by atoms with Gasteiger partial charge in [0, 0.05) is 17.2 Å². The van der Waals surface area contributed by atoms with E-state index in [1.807, 2.05) is 31.2 Å². The summed E-state index contributed by atoms with van der Waals surface area (Å²) in [5, 5.41) is 9.31. The van der Waals surface area contributed by atoms with E-state index in [0.717, 1.165) is 35.2 Å². The van der Waals surface area contributed by atoms with E-state index in [-0.39, 0.29) is 12.1 Å². The number of rotatable bonds is 4. The maximum atomic E-state index is 12.4. The second-order valence-corrected chi connectivity index (χ2v) is 7.34. The lowest BCUT2D eigenvalue weighted by molar-refractivity contribution is 0.0951. The van der Waals surface area contributed by atoms with Crippen LogP contribution in [0.4, 0.5) is 5.69 Å². The van der Waals surface area contributed by atoms with E-state index in [1.54, 1.807) is 11.2 Å². The van der Waals surface area contributed by atoms with Crippen LogP contribution >= 0.6 is 0 Å². The fraction of sp³-hybridized carbons (Fsp3) is 0.273. The molecule has 5 heteroatoms. The number of hydrazone groups is 1. The Morgan fingerprint density at radius 3 is 2.63 bits per heavy atom. The van der Waals surface area contributed by atoms with Crippen molar-refractivity contribution in [2.24, 2.45) is 10.8 Å². The molecule has 2 aromatic rings. The number of anilines is 1. The number of carbonyl (C=O) groups excluding carboxylic acids is 1. The molecule has 3 N–H and O–H groups in total. The highest BCUT2D eigenvalue weighted by molar-refractivity contribution is 5.96. The molecule has 1 aliphatic carbocycles. The number of nitrogens with one attached hydrogen (secondary N) is 1. The van der Waals surface area contributed by atoms with Gasteiger partial charge < -0.3 is 11.1 Å². The van der Waals surface area contributed by atoms with Crippen LogP contribution < -0.4 is 16.1 Å². The maximum Gasteiger partial charge on any atom is 0.251 e. The first-order valence-corrected chi connectivity index (χ1v) is 9.30. The van der Waals surface area contributed by atoms with Gasteiger partial charge in [-0.15, -0.1) is 0 Å². The third-order valence-electron chi connectivity index (χ3n) is 4.98. The van der Waals surface area contributed by atoms with Crippen LogP contribution in [0, 0.1) is 13.8 Å². The van der Waals surface area contributed by atoms with E-state index in [2.05, 4.69) is 41.6 Å². The second kappa shape index (κ2) is 7.00. The highest BCUT2D eigenvalue weighted by Gasteiger charge is 2.27. The van der Waals surface area contributed by atoms with Crippen LogP contribution in [0.5, 0.6) is 0 Å². The standard InChI is InChI=1S/C22H24N4O/c1-14-3-6-16(7-4-14)11-18-13-24-26(21(18)23)20-12-17(8-5-15(20)2)22(27)25-19-9-10-19/h3-8,11-13,19,21H,9-10,23H2,1-2H3,(H,25,27). The van der Waals surface area contributed by atoms with Crippen molar-refractivity contribution in [1.82, 2.24) is 5.32 Å². The molecular formula is C22H24N4O. The van der Waals surface area contributed by atoms with Gasteiger partial charge in [-0.05, 0) is 56.0 Å². The topological polar surface area (TPSA) is 70.7 Å². The normalized spacial score (nSPS) is 20.3. The van der Waals surface area contributed by atoms with Crippen LogP contribution in [0.1, 0.15) is 39.9 Å². The number of aryl methyl sites for hydroxylation is 2. The van der Waals surface area contributed by atoms with Crippen LogP contribution in [-0.4, -0.2) is 24.3 Å². The predicted molar refractivity (Wildman–Crippen MR) is 110 cm³/mol. The monoisotopic (exact) mass is 360 g/mol. The predicted octanol–water partition coefficient (Wildman–Crippen LogP) is 3.37. The molecule has 1 amide bonds. The van der Waals surface area contributed by atoms with Crippen molar-refractivity contribution in [3.05, 3.63) is 70.3 Å². The van der Waals surface area contributed by atoms with Gasteiger partial charge in [0.2, 0.25) is 0 Å². The Balaban J connectivity index is 1.57. The van der Waals surface area contributed by atoms with Gasteiger partial charge in [-0.3, -0.25) is 4.79 Å². The highest BCUT2D eigenvalue weighted by atomic mass is 16.1. The fourth-order valence-corrected chi connectivity index (χ4v) is 3.10. The molecule has 0 bridgehead atoms. The molecule has 1 unspecified atom stereocenters. The average molecular weight is 360 g/mol. The third kappa shape index (κ3) is 3.78. The van der Waals surface area contributed by atoms with E-state index in [4.69, 9.17) is 5.73 Å². The quantitative estimate of drug-likeness (QED) is 0.878. The number of nitrogens with two attached hydrogens (primary N) is 1. The molecule has 138 valence electrons. The number of amides is 1. The molecule has 27 heavy (non-hydrogen) atoms. The van der Waals surface area contributed by atoms with Crippen molar-refractivity contribution in [2.75, 3.05) is 5.01 Å². The zero-order chi connectivity index (χ0) is 19.0. The number of benzene rings is 2. The summed E-state index contributed by atoms with van der Waals surface area (Å²) in [7, 11) is 0. The van der Waals surface area contributed by atoms with Crippen LogP contribution in [0.2, 0.25) is 0 Å². The molecule has 0 saturated heterocycles. The lowest BCUT2D eigenvalue weighted by atomic mass is 10.1. The van der Waals surface area contributed by atoms with Crippen molar-refractivity contribution in [3.8, 4) is 0 Å². The molecule has 4 rings (SSSR count). The molecule has 1 fully saturated rings. The average Bonchev–Trinajstić information content (AvgIpc) is 3.40. The van der Waals surface area contributed by atoms with E-state index >= 15 is 0 Å². The zero-order valence-corrected chi connectivity index (χ0v) is 15.6. The number of hydrogen-bond acceptors (Lipinski definition) is 4. The summed E-state index contributed by atoms with van der Waals surface area (Å²) in [6, 6.07) is 14.3. The molecule has 1 heterocycles. The van der Waals surface area contributed by atoms with Crippen LogP contribution in [0.3, 0.4) is 0 Å². The first-order valence-electron chi connectivity index (χ1n) is 9.30. The van der Waals surface area contributed by atoms with Gasteiger partial charge in [-0.2, -0.15) is 5.10 Å². The molecule has 0 spiro atoms. The Morgan fingerprint density at radius 2 is 1.93 bits per heavy atom. The largest absolute Gasteiger partial charge is 0.349 e.